The van der Waals surface area contributed by atoms with Crippen molar-refractivity contribution < 1.29 is 23.5 Å². The number of nitrogens with one attached hydrogen (secondary N) is 1. The summed E-state index contributed by atoms with van der Waals surface area (Å²) < 4.78 is 19.6. The van der Waals surface area contributed by atoms with Crippen molar-refractivity contribution in [3.05, 3.63) is 82.3 Å². The molecule has 1 fully saturated rings. The van der Waals surface area contributed by atoms with Crippen molar-refractivity contribution in [2.24, 2.45) is 0 Å². The van der Waals surface area contributed by atoms with Crippen LogP contribution < -0.4 is 5.32 Å². The number of carbonyl (C=O) groups excluding carboxylic acids is 3. The van der Waals surface area contributed by atoms with E-state index in [4.69, 9.17) is 4.74 Å². The average Bonchev–Trinajstić information content (AvgIpc) is 2.87. The van der Waals surface area contributed by atoms with Crippen molar-refractivity contribution in [3.8, 4) is 0 Å². The minimum atomic E-state index is -0.639. The quantitative estimate of drug-likeness (QED) is 0.604. The topological polar surface area (TPSA) is 82.2 Å². The molecule has 2 aromatic rings. The van der Waals surface area contributed by atoms with Crippen molar-refractivity contribution in [2.75, 3.05) is 39.8 Å². The summed E-state index contributed by atoms with van der Waals surface area (Å²) in [5.74, 6) is -1.35. The zero-order valence-electron chi connectivity index (χ0n) is 21.7. The molecule has 1 N–H and O–H groups in total. The van der Waals surface area contributed by atoms with Gasteiger partial charge in [0.1, 0.15) is 5.82 Å². The molecule has 4 rings (SSSR count). The van der Waals surface area contributed by atoms with Gasteiger partial charge in [0.2, 0.25) is 0 Å². The number of aryl methyl sites for hydroxylation is 1. The van der Waals surface area contributed by atoms with Crippen LogP contribution in [0.2, 0.25) is 0 Å². The number of urea groups is 1. The summed E-state index contributed by atoms with van der Waals surface area (Å²) in [6.45, 7) is 7.55. The molecule has 2 heterocycles. The summed E-state index contributed by atoms with van der Waals surface area (Å²) in [7, 11) is 1.64. The Morgan fingerprint density at radius 2 is 1.81 bits per heavy atom. The fraction of sp³-hybridized carbons (Fsp3) is 0.393. The fourth-order valence-electron chi connectivity index (χ4n) is 5.02. The molecule has 0 saturated carbocycles. The summed E-state index contributed by atoms with van der Waals surface area (Å²) >= 11 is 0. The highest BCUT2D eigenvalue weighted by atomic mass is 19.1. The number of amides is 3. The van der Waals surface area contributed by atoms with E-state index in [0.29, 0.717) is 37.4 Å². The third kappa shape index (κ3) is 5.36. The lowest BCUT2D eigenvalue weighted by Gasteiger charge is -2.42. The van der Waals surface area contributed by atoms with Crippen molar-refractivity contribution in [2.45, 2.75) is 32.9 Å². The molecule has 0 spiro atoms. The van der Waals surface area contributed by atoms with E-state index in [9.17, 15) is 18.8 Å². The molecule has 0 aliphatic carbocycles. The third-order valence-corrected chi connectivity index (χ3v) is 7.02. The lowest BCUT2D eigenvalue weighted by atomic mass is 9.91. The second kappa shape index (κ2) is 11.1. The number of esters is 1. The maximum atomic E-state index is 14.2. The molecule has 37 heavy (non-hydrogen) atoms. The molecule has 0 bridgehead atoms. The van der Waals surface area contributed by atoms with Gasteiger partial charge in [0.15, 0.2) is 0 Å². The lowest BCUT2D eigenvalue weighted by molar-refractivity contribution is -0.139. The van der Waals surface area contributed by atoms with Crippen LogP contribution in [0.3, 0.4) is 0 Å². The number of ether oxygens (including phenoxy) is 1. The molecule has 196 valence electrons. The molecule has 0 unspecified atom stereocenters. The van der Waals surface area contributed by atoms with E-state index in [1.807, 2.05) is 38.1 Å². The van der Waals surface area contributed by atoms with Gasteiger partial charge in [-0.05, 0) is 44.0 Å². The Morgan fingerprint density at radius 1 is 1.11 bits per heavy atom. The van der Waals surface area contributed by atoms with Gasteiger partial charge in [-0.25, -0.2) is 14.0 Å². The zero-order chi connectivity index (χ0) is 26.7. The summed E-state index contributed by atoms with van der Waals surface area (Å²) in [5, 5.41) is 2.96. The van der Waals surface area contributed by atoms with Crippen molar-refractivity contribution in [1.82, 2.24) is 20.0 Å². The van der Waals surface area contributed by atoms with Gasteiger partial charge in [0.05, 0.1) is 23.8 Å². The van der Waals surface area contributed by atoms with Crippen LogP contribution in [-0.4, -0.2) is 78.5 Å². The average molecular weight is 509 g/mol. The number of hydrogen-bond donors (Lipinski definition) is 1. The molecule has 2 aliphatic heterocycles. The maximum Gasteiger partial charge on any atom is 0.338 e. The Bertz CT molecular complexity index is 1230. The normalized spacial score (nSPS) is 20.6. The summed E-state index contributed by atoms with van der Waals surface area (Å²) in [4.78, 5) is 44.4. The monoisotopic (exact) mass is 508 g/mol. The SMILES string of the molecule is CCOC(=O)C1=C(CN2CCN(C(=O)c3ccccc3F)[C@H](C)C2)N(C)C(=O)N[C@H]1c1ccccc1C. The minimum Gasteiger partial charge on any atom is -0.463 e. The zero-order valence-corrected chi connectivity index (χ0v) is 21.7. The first-order chi connectivity index (χ1) is 17.7. The molecular formula is C28H33FN4O4. The Labute approximate surface area is 216 Å². The van der Waals surface area contributed by atoms with Crippen LogP contribution in [0.5, 0.6) is 0 Å². The molecule has 9 heteroatoms. The van der Waals surface area contributed by atoms with Gasteiger partial charge in [-0.3, -0.25) is 14.6 Å². The molecule has 1 saturated heterocycles. The van der Waals surface area contributed by atoms with Gasteiger partial charge in [0, 0.05) is 45.0 Å². The summed E-state index contributed by atoms with van der Waals surface area (Å²) in [6, 6.07) is 12.5. The van der Waals surface area contributed by atoms with Crippen LogP contribution in [0, 0.1) is 12.7 Å². The van der Waals surface area contributed by atoms with E-state index in [-0.39, 0.29) is 30.2 Å². The molecular weight excluding hydrogens is 475 g/mol. The van der Waals surface area contributed by atoms with Gasteiger partial charge in [-0.1, -0.05) is 36.4 Å². The van der Waals surface area contributed by atoms with E-state index >= 15 is 0 Å². The third-order valence-electron chi connectivity index (χ3n) is 7.02. The number of hydrogen-bond acceptors (Lipinski definition) is 5. The summed E-state index contributed by atoms with van der Waals surface area (Å²) in [6.07, 6.45) is 0. The van der Waals surface area contributed by atoms with E-state index in [1.165, 1.54) is 17.0 Å². The largest absolute Gasteiger partial charge is 0.463 e. The first-order valence-electron chi connectivity index (χ1n) is 12.5. The van der Waals surface area contributed by atoms with Gasteiger partial charge in [0.25, 0.3) is 5.91 Å². The van der Waals surface area contributed by atoms with Gasteiger partial charge >= 0.3 is 12.0 Å². The molecule has 2 aliphatic rings. The van der Waals surface area contributed by atoms with Crippen molar-refractivity contribution in [1.29, 1.82) is 0 Å². The highest BCUT2D eigenvalue weighted by molar-refractivity contribution is 5.96. The number of rotatable bonds is 6. The molecule has 8 nitrogen and oxygen atoms in total. The highest BCUT2D eigenvalue weighted by Gasteiger charge is 2.39. The van der Waals surface area contributed by atoms with E-state index < -0.39 is 17.8 Å². The van der Waals surface area contributed by atoms with Crippen molar-refractivity contribution >= 4 is 17.9 Å². The van der Waals surface area contributed by atoms with Crippen molar-refractivity contribution in [3.63, 3.8) is 0 Å². The fourth-order valence-corrected chi connectivity index (χ4v) is 5.02. The van der Waals surface area contributed by atoms with Crippen LogP contribution in [-0.2, 0) is 9.53 Å². The first-order valence-corrected chi connectivity index (χ1v) is 12.5. The minimum absolute atomic E-state index is 0.0554. The van der Waals surface area contributed by atoms with E-state index in [1.54, 1.807) is 31.0 Å². The number of piperazine rings is 1. The van der Waals surface area contributed by atoms with Gasteiger partial charge in [-0.15, -0.1) is 0 Å². The number of benzene rings is 2. The second-order valence-corrected chi connectivity index (χ2v) is 9.44. The lowest BCUT2D eigenvalue weighted by Crippen LogP contribution is -2.56. The number of halogens is 1. The number of likely N-dealkylation sites (N-methyl/N-ethyl adjacent to an activating group) is 1. The first kappa shape index (κ1) is 26.3. The molecule has 2 aromatic carbocycles. The number of nitrogens with zero attached hydrogens (tertiary/aromatic N) is 3. The van der Waals surface area contributed by atoms with Gasteiger partial charge in [-0.2, -0.15) is 0 Å². The maximum absolute atomic E-state index is 14.2. The van der Waals surface area contributed by atoms with Crippen LogP contribution >= 0.6 is 0 Å². The predicted molar refractivity (Wildman–Crippen MR) is 137 cm³/mol. The smallest absolute Gasteiger partial charge is 0.338 e. The Kier molecular flexibility index (Phi) is 7.92. The van der Waals surface area contributed by atoms with E-state index in [0.717, 1.165) is 11.1 Å². The highest BCUT2D eigenvalue weighted by Crippen LogP contribution is 2.33. The Morgan fingerprint density at radius 3 is 2.49 bits per heavy atom. The standard InChI is InChI=1S/C28H33FN4O4/c1-5-37-27(35)24-23(31(4)28(36)30-25(24)20-11-7-6-10-18(20)2)17-32-14-15-33(19(3)16-32)26(34)21-12-8-9-13-22(21)29/h6-13,19,25H,5,14-17H2,1-4H3,(H,30,36)/t19-,25+/m1/s1. The van der Waals surface area contributed by atoms with Crippen LogP contribution in [0.25, 0.3) is 0 Å². The van der Waals surface area contributed by atoms with Gasteiger partial charge < -0.3 is 15.0 Å². The Balaban J connectivity index is 1.62. The second-order valence-electron chi connectivity index (χ2n) is 9.44. The van der Waals surface area contributed by atoms with Crippen LogP contribution in [0.15, 0.2) is 59.8 Å². The Hall–Kier alpha value is -3.72. The molecule has 2 atom stereocenters. The summed E-state index contributed by atoms with van der Waals surface area (Å²) in [5.41, 5.74) is 2.80. The van der Waals surface area contributed by atoms with E-state index in [2.05, 4.69) is 10.2 Å². The molecule has 0 radical (unpaired) electrons. The molecule has 0 aromatic heterocycles. The number of carbonyl (C=O) groups is 3. The predicted octanol–water partition coefficient (Wildman–Crippen LogP) is 3.49. The molecule has 3 amide bonds. The van der Waals surface area contributed by atoms with Crippen LogP contribution in [0.1, 0.15) is 41.4 Å². The van der Waals surface area contributed by atoms with Crippen LogP contribution in [0.4, 0.5) is 9.18 Å².